The van der Waals surface area contributed by atoms with Crippen LogP contribution in [-0.2, 0) is 0 Å². The second-order valence-corrected chi connectivity index (χ2v) is 10.7. The number of fused-ring (bicyclic) bond motifs is 1. The Labute approximate surface area is 217 Å². The van der Waals surface area contributed by atoms with Crippen LogP contribution in [0.5, 0.6) is 0 Å². The Morgan fingerprint density at radius 3 is 2.54 bits per heavy atom. The fraction of sp³-hybridized carbons (Fsp3) is 0.321. The van der Waals surface area contributed by atoms with Gasteiger partial charge in [-0.15, -0.1) is 0 Å². The number of benzene rings is 1. The number of amides is 1. The van der Waals surface area contributed by atoms with Gasteiger partial charge in [-0.2, -0.15) is 0 Å². The van der Waals surface area contributed by atoms with Crippen LogP contribution in [0.1, 0.15) is 31.1 Å². The number of rotatable bonds is 6. The van der Waals surface area contributed by atoms with Crippen LogP contribution in [0.15, 0.2) is 61.2 Å². The van der Waals surface area contributed by atoms with Crippen LogP contribution in [0.4, 0.5) is 17.5 Å². The van der Waals surface area contributed by atoms with Gasteiger partial charge in [-0.3, -0.25) is 9.78 Å². The third-order valence-electron chi connectivity index (χ3n) is 6.32. The summed E-state index contributed by atoms with van der Waals surface area (Å²) >= 11 is 0. The minimum atomic E-state index is -0.219. The lowest BCUT2D eigenvalue weighted by atomic mass is 10.1. The van der Waals surface area contributed by atoms with E-state index in [0.717, 1.165) is 46.8 Å². The summed E-state index contributed by atoms with van der Waals surface area (Å²) in [5.74, 6) is 1.80. The first-order valence-corrected chi connectivity index (χ1v) is 12.3. The molecule has 1 saturated heterocycles. The Kier molecular flexibility index (Phi) is 6.47. The number of likely N-dealkylation sites (N-methyl/N-ethyl adjacent to an activating group) is 1. The van der Waals surface area contributed by atoms with Crippen molar-refractivity contribution in [3.63, 3.8) is 0 Å². The highest BCUT2D eigenvalue weighted by molar-refractivity contribution is 6.05. The van der Waals surface area contributed by atoms with Crippen LogP contribution in [0.2, 0.25) is 0 Å². The van der Waals surface area contributed by atoms with Crippen molar-refractivity contribution in [3.8, 4) is 11.3 Å². The summed E-state index contributed by atoms with van der Waals surface area (Å²) < 4.78 is 0. The second-order valence-electron chi connectivity index (χ2n) is 10.7. The number of aromatic nitrogens is 4. The van der Waals surface area contributed by atoms with Gasteiger partial charge < -0.3 is 20.4 Å². The van der Waals surface area contributed by atoms with E-state index in [-0.39, 0.29) is 11.4 Å². The zero-order valence-corrected chi connectivity index (χ0v) is 21.9. The van der Waals surface area contributed by atoms with Crippen LogP contribution >= 0.6 is 0 Å². The lowest BCUT2D eigenvalue weighted by Gasteiger charge is -2.43. The number of pyridine rings is 2. The van der Waals surface area contributed by atoms with E-state index in [4.69, 9.17) is 4.98 Å². The molecular weight excluding hydrogens is 464 g/mol. The van der Waals surface area contributed by atoms with Crippen molar-refractivity contribution in [3.05, 3.63) is 66.7 Å². The lowest BCUT2D eigenvalue weighted by Crippen LogP contribution is -2.57. The summed E-state index contributed by atoms with van der Waals surface area (Å²) in [5, 5.41) is 8.21. The van der Waals surface area contributed by atoms with E-state index in [1.165, 1.54) is 0 Å². The van der Waals surface area contributed by atoms with Crippen LogP contribution in [-0.4, -0.2) is 69.5 Å². The van der Waals surface area contributed by atoms with Crippen LogP contribution in [0, 0.1) is 0 Å². The van der Waals surface area contributed by atoms with Gasteiger partial charge >= 0.3 is 0 Å². The fourth-order valence-electron chi connectivity index (χ4n) is 4.21. The Morgan fingerprint density at radius 1 is 0.973 bits per heavy atom. The highest BCUT2D eigenvalue weighted by atomic mass is 16.1. The molecule has 190 valence electrons. The SMILES string of the molecule is CN(C)C1CN(c2cc(C(=O)Nc3cc4cc(-c5cncc(NC(C)(C)C)n5)ccc4cn3)ccn2)C1. The molecule has 3 aromatic heterocycles. The number of anilines is 3. The van der Waals surface area contributed by atoms with E-state index in [2.05, 4.69) is 70.3 Å². The van der Waals surface area contributed by atoms with Gasteiger partial charge in [-0.05, 0) is 64.5 Å². The smallest absolute Gasteiger partial charge is 0.257 e. The van der Waals surface area contributed by atoms with Crippen molar-refractivity contribution >= 4 is 34.1 Å². The van der Waals surface area contributed by atoms with E-state index < -0.39 is 0 Å². The maximum absolute atomic E-state index is 13.0. The summed E-state index contributed by atoms with van der Waals surface area (Å²) in [6.07, 6.45) is 6.91. The minimum Gasteiger partial charge on any atom is -0.364 e. The van der Waals surface area contributed by atoms with Gasteiger partial charge in [0.15, 0.2) is 0 Å². The molecule has 1 aromatic carbocycles. The van der Waals surface area contributed by atoms with Crippen molar-refractivity contribution in [1.29, 1.82) is 0 Å². The van der Waals surface area contributed by atoms with E-state index in [1.807, 2.05) is 30.3 Å². The predicted octanol–water partition coefficient (Wildman–Crippen LogP) is 4.30. The highest BCUT2D eigenvalue weighted by Crippen LogP contribution is 2.26. The molecule has 4 heterocycles. The highest BCUT2D eigenvalue weighted by Gasteiger charge is 2.29. The molecule has 9 heteroatoms. The Morgan fingerprint density at radius 2 is 1.78 bits per heavy atom. The Bertz CT molecular complexity index is 1440. The molecule has 1 aliphatic rings. The average Bonchev–Trinajstić information content (AvgIpc) is 2.82. The molecule has 1 amide bonds. The molecule has 4 aromatic rings. The molecule has 0 aliphatic carbocycles. The zero-order chi connectivity index (χ0) is 26.2. The minimum absolute atomic E-state index is 0.116. The van der Waals surface area contributed by atoms with Crippen molar-refractivity contribution in [2.24, 2.45) is 0 Å². The molecule has 0 unspecified atom stereocenters. The van der Waals surface area contributed by atoms with Crippen LogP contribution < -0.4 is 15.5 Å². The third-order valence-corrected chi connectivity index (χ3v) is 6.32. The fourth-order valence-corrected chi connectivity index (χ4v) is 4.21. The number of nitrogens with zero attached hydrogens (tertiary/aromatic N) is 6. The van der Waals surface area contributed by atoms with E-state index in [1.54, 1.807) is 30.9 Å². The van der Waals surface area contributed by atoms with Crippen molar-refractivity contribution < 1.29 is 4.79 Å². The molecular formula is C28H32N8O. The topological polar surface area (TPSA) is 99.2 Å². The summed E-state index contributed by atoms with van der Waals surface area (Å²) in [4.78, 5) is 35.4. The molecule has 1 fully saturated rings. The van der Waals surface area contributed by atoms with Gasteiger partial charge in [0.2, 0.25) is 0 Å². The number of hydrogen-bond donors (Lipinski definition) is 2. The zero-order valence-electron chi connectivity index (χ0n) is 21.9. The normalized spacial score (nSPS) is 14.1. The third kappa shape index (κ3) is 5.67. The van der Waals surface area contributed by atoms with Gasteiger partial charge in [0.05, 0.1) is 18.1 Å². The number of carbonyl (C=O) groups excluding carboxylic acids is 1. The molecule has 0 atom stereocenters. The number of nitrogens with one attached hydrogen (secondary N) is 2. The Balaban J connectivity index is 1.33. The van der Waals surface area contributed by atoms with Gasteiger partial charge in [0.1, 0.15) is 17.5 Å². The van der Waals surface area contributed by atoms with E-state index >= 15 is 0 Å². The first-order chi connectivity index (χ1) is 17.6. The van der Waals surface area contributed by atoms with Crippen molar-refractivity contribution in [2.45, 2.75) is 32.4 Å². The molecule has 0 saturated carbocycles. The van der Waals surface area contributed by atoms with Gasteiger partial charge in [-0.25, -0.2) is 15.0 Å². The maximum atomic E-state index is 13.0. The summed E-state index contributed by atoms with van der Waals surface area (Å²) in [6, 6.07) is 12.0. The van der Waals surface area contributed by atoms with Gasteiger partial charge in [-0.1, -0.05) is 12.1 Å². The van der Waals surface area contributed by atoms with Gasteiger partial charge in [0.25, 0.3) is 5.91 Å². The quantitative estimate of drug-likeness (QED) is 0.408. The second kappa shape index (κ2) is 9.74. The maximum Gasteiger partial charge on any atom is 0.257 e. The molecule has 2 N–H and O–H groups in total. The summed E-state index contributed by atoms with van der Waals surface area (Å²) in [6.45, 7) is 8.05. The van der Waals surface area contributed by atoms with E-state index in [9.17, 15) is 4.79 Å². The molecule has 9 nitrogen and oxygen atoms in total. The largest absolute Gasteiger partial charge is 0.364 e. The average molecular weight is 497 g/mol. The molecule has 0 radical (unpaired) electrons. The van der Waals surface area contributed by atoms with Crippen molar-refractivity contribution in [2.75, 3.05) is 42.7 Å². The van der Waals surface area contributed by atoms with Crippen molar-refractivity contribution in [1.82, 2.24) is 24.8 Å². The van der Waals surface area contributed by atoms with Crippen LogP contribution in [0.3, 0.4) is 0 Å². The molecule has 1 aliphatic heterocycles. The first kappa shape index (κ1) is 24.6. The van der Waals surface area contributed by atoms with Crippen LogP contribution in [0.25, 0.3) is 22.0 Å². The summed E-state index contributed by atoms with van der Waals surface area (Å²) in [5.41, 5.74) is 2.14. The number of carbonyl (C=O) groups is 1. The summed E-state index contributed by atoms with van der Waals surface area (Å²) in [7, 11) is 4.15. The Hall–Kier alpha value is -4.11. The number of hydrogen-bond acceptors (Lipinski definition) is 8. The van der Waals surface area contributed by atoms with E-state index in [0.29, 0.717) is 17.4 Å². The van der Waals surface area contributed by atoms with Gasteiger partial charge in [0, 0.05) is 53.6 Å². The molecule has 37 heavy (non-hydrogen) atoms. The molecule has 5 rings (SSSR count). The molecule has 0 bridgehead atoms. The lowest BCUT2D eigenvalue weighted by molar-refractivity contribution is 0.102. The first-order valence-electron chi connectivity index (χ1n) is 12.3. The predicted molar refractivity (Wildman–Crippen MR) is 148 cm³/mol. The monoisotopic (exact) mass is 496 g/mol. The standard InChI is InChI=1S/C28H32N8O/c1-28(2,3)34-25-15-29-14-23(32-25)18-6-7-20-13-31-24(11-21(20)10-18)33-27(37)19-8-9-30-26(12-19)36-16-22(17-36)35(4)5/h6-15,22H,16-17H2,1-5H3,(H,32,34)(H,31,33,37). The molecule has 0 spiro atoms.